The monoisotopic (exact) mass is 477 g/mol. The number of likely N-dealkylation sites (tertiary alicyclic amines) is 1. The molecule has 0 unspecified atom stereocenters. The molecule has 1 N–H and O–H groups in total. The van der Waals surface area contributed by atoms with E-state index >= 15 is 0 Å². The Morgan fingerprint density at radius 3 is 2.62 bits per heavy atom. The summed E-state index contributed by atoms with van der Waals surface area (Å²) in [5, 5.41) is 0. The number of carbonyl (C=O) groups is 1. The largest absolute Gasteiger partial charge is 0.493 e. The van der Waals surface area contributed by atoms with Crippen molar-refractivity contribution >= 4 is 17.9 Å². The van der Waals surface area contributed by atoms with E-state index in [0.29, 0.717) is 24.2 Å². The highest BCUT2D eigenvalue weighted by atomic mass is 32.2. The molecule has 5 rings (SSSR count). The molecule has 0 spiro atoms. The van der Waals surface area contributed by atoms with Gasteiger partial charge in [0.15, 0.2) is 0 Å². The van der Waals surface area contributed by atoms with Crippen molar-refractivity contribution in [3.63, 3.8) is 0 Å². The van der Waals surface area contributed by atoms with Crippen LogP contribution in [0.1, 0.15) is 51.8 Å². The van der Waals surface area contributed by atoms with Crippen LogP contribution in [0.2, 0.25) is 0 Å². The van der Waals surface area contributed by atoms with Gasteiger partial charge in [-0.3, -0.25) is 19.4 Å². The van der Waals surface area contributed by atoms with Gasteiger partial charge in [-0.25, -0.2) is 4.39 Å². The lowest BCUT2D eigenvalue weighted by molar-refractivity contribution is 0.0374. The van der Waals surface area contributed by atoms with Crippen LogP contribution in [-0.4, -0.2) is 41.7 Å². The summed E-state index contributed by atoms with van der Waals surface area (Å²) in [7, 11) is 0. The number of hydrogen-bond donors (Lipinski definition) is 1. The van der Waals surface area contributed by atoms with Crippen LogP contribution in [0.5, 0.6) is 5.75 Å². The van der Waals surface area contributed by atoms with Gasteiger partial charge in [0.25, 0.3) is 5.91 Å². The van der Waals surface area contributed by atoms with Gasteiger partial charge in [-0.05, 0) is 47.6 Å². The van der Waals surface area contributed by atoms with Crippen molar-refractivity contribution in [3.05, 3.63) is 95.1 Å². The number of amides is 1. The van der Waals surface area contributed by atoms with E-state index in [4.69, 9.17) is 4.74 Å². The minimum absolute atomic E-state index is 0.0839. The fourth-order valence-electron chi connectivity index (χ4n) is 4.65. The summed E-state index contributed by atoms with van der Waals surface area (Å²) in [4.78, 5) is 19.0. The van der Waals surface area contributed by atoms with Crippen molar-refractivity contribution in [1.82, 2.24) is 14.6 Å². The van der Waals surface area contributed by atoms with Crippen LogP contribution in [-0.2, 0) is 0 Å². The fraction of sp³-hybridized carbons (Fsp3) is 0.333. The Morgan fingerprint density at radius 2 is 1.94 bits per heavy atom. The van der Waals surface area contributed by atoms with Gasteiger partial charge in [0.2, 0.25) is 0 Å². The Balaban J connectivity index is 1.26. The van der Waals surface area contributed by atoms with Gasteiger partial charge in [-0.15, -0.1) is 0 Å². The number of aromatic nitrogens is 1. The molecule has 1 aromatic heterocycles. The van der Waals surface area contributed by atoms with Crippen LogP contribution in [0.4, 0.5) is 4.39 Å². The van der Waals surface area contributed by atoms with Crippen molar-refractivity contribution in [2.45, 2.75) is 24.8 Å². The minimum atomic E-state index is -0.540. The topological polar surface area (TPSA) is 54.5 Å². The van der Waals surface area contributed by atoms with Crippen LogP contribution in [0, 0.1) is 11.7 Å². The molecule has 5 nitrogen and oxygen atoms in total. The molecule has 2 aromatic carbocycles. The Morgan fingerprint density at radius 1 is 1.18 bits per heavy atom. The fourth-order valence-corrected chi connectivity index (χ4v) is 4.95. The van der Waals surface area contributed by atoms with Crippen molar-refractivity contribution in [2.24, 2.45) is 5.92 Å². The van der Waals surface area contributed by atoms with Crippen molar-refractivity contribution < 1.29 is 13.9 Å². The summed E-state index contributed by atoms with van der Waals surface area (Å²) in [6.07, 6.45) is 7.57. The van der Waals surface area contributed by atoms with E-state index in [0.717, 1.165) is 31.5 Å². The quantitative estimate of drug-likeness (QED) is 0.429. The number of nitrogens with zero attached hydrogens (tertiary/aromatic N) is 2. The Hall–Kier alpha value is -2.90. The maximum Gasteiger partial charge on any atom is 0.264 e. The third-order valence-electron chi connectivity index (χ3n) is 6.50. The number of hydrogen-bond acceptors (Lipinski definition) is 5. The maximum absolute atomic E-state index is 14.7. The molecule has 0 radical (unpaired) electrons. The van der Waals surface area contributed by atoms with Gasteiger partial charge < -0.3 is 4.74 Å². The number of ether oxygens (including phenoxy) is 1. The molecule has 0 bridgehead atoms. The normalized spacial score (nSPS) is 17.1. The van der Waals surface area contributed by atoms with E-state index in [1.54, 1.807) is 18.5 Å². The van der Waals surface area contributed by atoms with Crippen LogP contribution >= 0.6 is 11.9 Å². The molecule has 3 aromatic rings. The predicted octanol–water partition coefficient (Wildman–Crippen LogP) is 5.21. The summed E-state index contributed by atoms with van der Waals surface area (Å²) >= 11 is 1.17. The second kappa shape index (κ2) is 10.2. The first-order chi connectivity index (χ1) is 16.6. The van der Waals surface area contributed by atoms with Crippen molar-refractivity contribution in [1.29, 1.82) is 0 Å². The molecular weight excluding hydrogens is 449 g/mol. The van der Waals surface area contributed by atoms with E-state index in [1.807, 2.05) is 18.3 Å². The maximum atomic E-state index is 14.7. The Labute approximate surface area is 203 Å². The highest BCUT2D eigenvalue weighted by Crippen LogP contribution is 2.45. The Kier molecular flexibility index (Phi) is 6.83. The van der Waals surface area contributed by atoms with E-state index in [-0.39, 0.29) is 11.6 Å². The predicted molar refractivity (Wildman–Crippen MR) is 132 cm³/mol. The zero-order chi connectivity index (χ0) is 23.5. The summed E-state index contributed by atoms with van der Waals surface area (Å²) in [5.41, 5.74) is 3.44. The lowest BCUT2D eigenvalue weighted by atomic mass is 9.91. The first kappa shape index (κ1) is 22.9. The van der Waals surface area contributed by atoms with Gasteiger partial charge in [-0.2, -0.15) is 0 Å². The van der Waals surface area contributed by atoms with Crippen molar-refractivity contribution in [2.75, 3.05) is 26.0 Å². The summed E-state index contributed by atoms with van der Waals surface area (Å²) in [6.45, 7) is 2.31. The van der Waals surface area contributed by atoms with E-state index in [1.165, 1.54) is 29.1 Å². The molecule has 1 aliphatic carbocycles. The number of carbonyl (C=O) groups excluding carboxylic acids is 1. The van der Waals surface area contributed by atoms with Gasteiger partial charge in [0, 0.05) is 43.7 Å². The zero-order valence-electron chi connectivity index (χ0n) is 19.1. The number of benzene rings is 2. The molecule has 34 heavy (non-hydrogen) atoms. The van der Waals surface area contributed by atoms with Gasteiger partial charge in [0.1, 0.15) is 11.6 Å². The summed E-state index contributed by atoms with van der Waals surface area (Å²) in [6, 6.07) is 17.8. The lowest BCUT2D eigenvalue weighted by Gasteiger charge is -2.44. The second-order valence-electron chi connectivity index (χ2n) is 9.01. The second-order valence-corrected chi connectivity index (χ2v) is 9.62. The molecule has 176 valence electrons. The third-order valence-corrected chi connectivity index (χ3v) is 6.89. The number of pyridine rings is 1. The van der Waals surface area contributed by atoms with E-state index in [9.17, 15) is 9.18 Å². The average molecular weight is 478 g/mol. The smallest absolute Gasteiger partial charge is 0.264 e. The molecule has 7 heteroatoms. The highest BCUT2D eigenvalue weighted by molar-refractivity contribution is 7.97. The van der Waals surface area contributed by atoms with Gasteiger partial charge in [0.05, 0.1) is 18.2 Å². The number of nitrogens with one attached hydrogen (secondary N) is 1. The molecule has 1 amide bonds. The van der Waals surface area contributed by atoms with Gasteiger partial charge in [-0.1, -0.05) is 48.3 Å². The van der Waals surface area contributed by atoms with Crippen LogP contribution in [0.3, 0.4) is 0 Å². The molecule has 1 saturated carbocycles. The average Bonchev–Trinajstić information content (AvgIpc) is 3.67. The molecular formula is C27H28FN3O2S. The lowest BCUT2D eigenvalue weighted by Crippen LogP contribution is -2.51. The summed E-state index contributed by atoms with van der Waals surface area (Å²) < 4.78 is 23.4. The molecule has 2 heterocycles. The SMILES string of the molecule is CSNC(=O)c1cc(C2CC2)c(OCC2CN([C@@H](c3ccccc3)c3cccnc3)C2)cc1F. The number of halogens is 1. The van der Waals surface area contributed by atoms with Gasteiger partial charge >= 0.3 is 0 Å². The Bertz CT molecular complexity index is 1100. The number of rotatable bonds is 9. The molecule has 1 atom stereocenters. The summed E-state index contributed by atoms with van der Waals surface area (Å²) in [5.74, 6) is 0.336. The van der Waals surface area contributed by atoms with Crippen LogP contribution in [0.25, 0.3) is 0 Å². The first-order valence-electron chi connectivity index (χ1n) is 11.6. The third kappa shape index (κ3) is 4.95. The van der Waals surface area contributed by atoms with Crippen molar-refractivity contribution in [3.8, 4) is 5.75 Å². The highest BCUT2D eigenvalue weighted by Gasteiger charge is 2.35. The zero-order valence-corrected chi connectivity index (χ0v) is 19.9. The molecule has 2 aliphatic rings. The van der Waals surface area contributed by atoms with Crippen LogP contribution < -0.4 is 9.46 Å². The minimum Gasteiger partial charge on any atom is -0.493 e. The molecule has 1 saturated heterocycles. The molecule has 2 fully saturated rings. The standard InChI is InChI=1S/C27H28FN3O2S/c1-34-30-27(32)23-12-22(19-9-10-19)25(13-24(23)28)33-17-18-15-31(16-18)26(20-6-3-2-4-7-20)21-8-5-11-29-14-21/h2-8,11-14,18-19,26H,9-10,15-17H2,1H3,(H,30,32)/t26-/m0/s1. The van der Waals surface area contributed by atoms with E-state index in [2.05, 4.69) is 44.9 Å². The first-order valence-corrected chi connectivity index (χ1v) is 12.8. The van der Waals surface area contributed by atoms with Crippen LogP contribution in [0.15, 0.2) is 67.0 Å². The molecule has 1 aliphatic heterocycles. The van der Waals surface area contributed by atoms with E-state index < -0.39 is 11.7 Å².